The molecule has 0 aliphatic carbocycles. The Morgan fingerprint density at radius 1 is 1.25 bits per heavy atom. The summed E-state index contributed by atoms with van der Waals surface area (Å²) >= 11 is 0. The Morgan fingerprint density at radius 3 is 2.88 bits per heavy atom. The van der Waals surface area contributed by atoms with Crippen LogP contribution < -0.4 is 9.46 Å². The number of ether oxygens (including phenoxy) is 1. The highest BCUT2D eigenvalue weighted by atomic mass is 32.2. The van der Waals surface area contributed by atoms with Gasteiger partial charge in [0.05, 0.1) is 18.8 Å². The molecule has 0 spiro atoms. The molecule has 24 heavy (non-hydrogen) atoms. The molecule has 1 unspecified atom stereocenters. The van der Waals surface area contributed by atoms with Crippen molar-refractivity contribution in [2.75, 3.05) is 7.11 Å². The van der Waals surface area contributed by atoms with Crippen molar-refractivity contribution in [3.05, 3.63) is 48.9 Å². The fourth-order valence-corrected chi connectivity index (χ4v) is 3.48. The molecule has 4 rings (SSSR count). The molecule has 0 bridgehead atoms. The quantitative estimate of drug-likeness (QED) is 0.784. The van der Waals surface area contributed by atoms with Crippen LogP contribution in [0.25, 0.3) is 27.1 Å². The number of nitrogens with zero attached hydrogens (tertiary/aromatic N) is 3. The third kappa shape index (κ3) is 2.28. The van der Waals surface area contributed by atoms with Gasteiger partial charge in [-0.05, 0) is 17.7 Å². The first-order chi connectivity index (χ1) is 11.7. The molecule has 1 aliphatic heterocycles. The van der Waals surface area contributed by atoms with Crippen LogP contribution in [-0.4, -0.2) is 32.0 Å². The van der Waals surface area contributed by atoms with Gasteiger partial charge >= 0.3 is 0 Å². The third-order valence-electron chi connectivity index (χ3n) is 3.73. The normalized spacial score (nSPS) is 17.0. The molecule has 8 heteroatoms. The molecule has 3 aromatic rings. The lowest BCUT2D eigenvalue weighted by Gasteiger charge is -2.09. The molecule has 1 atom stereocenters. The van der Waals surface area contributed by atoms with E-state index in [2.05, 4.69) is 14.8 Å². The lowest BCUT2D eigenvalue weighted by molar-refractivity contribution is -0.114. The second-order valence-electron chi connectivity index (χ2n) is 5.12. The number of fused-ring (bicyclic) bond motifs is 1. The Labute approximate surface area is 139 Å². The maximum atomic E-state index is 12.0. The molecular weight excluding hydrogens is 328 g/mol. The van der Waals surface area contributed by atoms with Crippen molar-refractivity contribution in [3.8, 4) is 16.9 Å². The Kier molecular flexibility index (Phi) is 3.39. The van der Waals surface area contributed by atoms with Crippen LogP contribution in [0, 0.1) is 0 Å². The maximum absolute atomic E-state index is 12.0. The summed E-state index contributed by atoms with van der Waals surface area (Å²) in [5.74, 6) is 0.313. The van der Waals surface area contributed by atoms with Crippen molar-refractivity contribution in [3.63, 3.8) is 0 Å². The standard InChI is InChI=1S/C16H12N4O3S/c1-23-14-4-5-17-9-12(14)10-2-3-11-8-18-20(13(11)6-10)16-7-15(21)19-24(16)22/h2-9H,1H3,(H,19,21). The second kappa shape index (κ2) is 5.57. The van der Waals surface area contributed by atoms with E-state index in [9.17, 15) is 9.00 Å². The van der Waals surface area contributed by atoms with Gasteiger partial charge in [-0.15, -0.1) is 0 Å². The van der Waals surface area contributed by atoms with Gasteiger partial charge in [-0.3, -0.25) is 14.5 Å². The van der Waals surface area contributed by atoms with Crippen molar-refractivity contribution in [2.24, 2.45) is 0 Å². The Balaban J connectivity index is 1.90. The van der Waals surface area contributed by atoms with Gasteiger partial charge in [-0.2, -0.15) is 5.10 Å². The number of aromatic nitrogens is 3. The molecule has 1 N–H and O–H groups in total. The van der Waals surface area contributed by atoms with Gasteiger partial charge in [0.25, 0.3) is 5.91 Å². The van der Waals surface area contributed by atoms with Gasteiger partial charge in [0.15, 0.2) is 16.0 Å². The van der Waals surface area contributed by atoms with Gasteiger partial charge < -0.3 is 4.74 Å². The minimum absolute atomic E-state index is 0.310. The van der Waals surface area contributed by atoms with Gasteiger partial charge in [0.1, 0.15) is 5.75 Å². The molecule has 0 radical (unpaired) electrons. The summed E-state index contributed by atoms with van der Waals surface area (Å²) in [5, 5.41) is 5.44. The van der Waals surface area contributed by atoms with E-state index in [0.717, 1.165) is 22.0 Å². The molecule has 7 nitrogen and oxygen atoms in total. The monoisotopic (exact) mass is 340 g/mol. The number of carbonyl (C=O) groups is 1. The molecule has 0 fully saturated rings. The molecule has 120 valence electrons. The molecular formula is C16H12N4O3S. The van der Waals surface area contributed by atoms with Crippen molar-refractivity contribution in [1.82, 2.24) is 19.5 Å². The average Bonchev–Trinajstić information content (AvgIpc) is 3.16. The van der Waals surface area contributed by atoms with E-state index in [-0.39, 0.29) is 0 Å². The van der Waals surface area contributed by atoms with E-state index in [1.807, 2.05) is 18.2 Å². The summed E-state index contributed by atoms with van der Waals surface area (Å²) in [5.41, 5.74) is 2.47. The average molecular weight is 340 g/mol. The Hall–Kier alpha value is -3.00. The van der Waals surface area contributed by atoms with Crippen molar-refractivity contribution in [2.45, 2.75) is 0 Å². The molecule has 3 heterocycles. The van der Waals surface area contributed by atoms with Crippen molar-refractivity contribution >= 4 is 32.8 Å². The number of hydrogen-bond donors (Lipinski definition) is 1. The summed E-state index contributed by atoms with van der Waals surface area (Å²) in [6.07, 6.45) is 6.34. The van der Waals surface area contributed by atoms with Gasteiger partial charge in [-0.25, -0.2) is 8.89 Å². The zero-order valence-corrected chi connectivity index (χ0v) is 13.4. The fraction of sp³-hybridized carbons (Fsp3) is 0.0625. The molecule has 0 saturated carbocycles. The molecule has 1 aliphatic rings. The molecule has 2 aromatic heterocycles. The zero-order valence-electron chi connectivity index (χ0n) is 12.6. The number of amides is 1. The van der Waals surface area contributed by atoms with Crippen LogP contribution in [0.1, 0.15) is 0 Å². The van der Waals surface area contributed by atoms with Crippen molar-refractivity contribution in [1.29, 1.82) is 0 Å². The number of hydrogen-bond acceptors (Lipinski definition) is 5. The topological polar surface area (TPSA) is 86.1 Å². The van der Waals surface area contributed by atoms with Crippen LogP contribution in [0.5, 0.6) is 5.75 Å². The van der Waals surface area contributed by atoms with E-state index < -0.39 is 16.9 Å². The maximum Gasteiger partial charge on any atom is 0.258 e. The lowest BCUT2D eigenvalue weighted by Crippen LogP contribution is -2.17. The van der Waals surface area contributed by atoms with Crippen LogP contribution in [-0.2, 0) is 15.8 Å². The highest BCUT2D eigenvalue weighted by Gasteiger charge is 2.23. The van der Waals surface area contributed by atoms with Crippen molar-refractivity contribution < 1.29 is 13.7 Å². The van der Waals surface area contributed by atoms with E-state index in [4.69, 9.17) is 4.74 Å². The van der Waals surface area contributed by atoms with Gasteiger partial charge in [0, 0.05) is 29.4 Å². The lowest BCUT2D eigenvalue weighted by atomic mass is 10.1. The number of methoxy groups -OCH3 is 1. The first-order valence-electron chi connectivity index (χ1n) is 7.08. The molecule has 0 saturated heterocycles. The summed E-state index contributed by atoms with van der Waals surface area (Å²) in [6, 6.07) is 7.54. The van der Waals surface area contributed by atoms with Crippen LogP contribution in [0.4, 0.5) is 0 Å². The van der Waals surface area contributed by atoms with E-state index in [0.29, 0.717) is 10.8 Å². The molecule has 1 amide bonds. The number of carbonyl (C=O) groups excluding carboxylic acids is 1. The predicted molar refractivity (Wildman–Crippen MR) is 90.1 cm³/mol. The first-order valence-corrected chi connectivity index (χ1v) is 8.23. The minimum atomic E-state index is -1.61. The SMILES string of the molecule is COc1ccncc1-c1ccc2cnn(C3=CC(=O)NS3=O)c2c1. The van der Waals surface area contributed by atoms with Crippen LogP contribution in [0.15, 0.2) is 48.9 Å². The zero-order chi connectivity index (χ0) is 16.7. The summed E-state index contributed by atoms with van der Waals surface area (Å²) in [6.45, 7) is 0. The fourth-order valence-electron chi connectivity index (χ4n) is 2.62. The largest absolute Gasteiger partial charge is 0.496 e. The summed E-state index contributed by atoms with van der Waals surface area (Å²) in [4.78, 5) is 15.6. The first kappa shape index (κ1) is 14.6. The van der Waals surface area contributed by atoms with E-state index in [1.165, 1.54) is 10.8 Å². The van der Waals surface area contributed by atoms with Crippen LogP contribution in [0.3, 0.4) is 0 Å². The third-order valence-corrected chi connectivity index (χ3v) is 4.79. The number of rotatable bonds is 3. The number of benzene rings is 1. The van der Waals surface area contributed by atoms with Gasteiger partial charge in [-0.1, -0.05) is 12.1 Å². The minimum Gasteiger partial charge on any atom is -0.496 e. The van der Waals surface area contributed by atoms with E-state index in [1.54, 1.807) is 31.8 Å². The number of pyridine rings is 1. The highest BCUT2D eigenvalue weighted by molar-refractivity contribution is 7.93. The smallest absolute Gasteiger partial charge is 0.258 e. The van der Waals surface area contributed by atoms with Gasteiger partial charge in [0.2, 0.25) is 0 Å². The van der Waals surface area contributed by atoms with E-state index >= 15 is 0 Å². The summed E-state index contributed by atoms with van der Waals surface area (Å²) in [7, 11) is -0.00566. The second-order valence-corrected chi connectivity index (χ2v) is 6.28. The number of nitrogens with one attached hydrogen (secondary N) is 1. The predicted octanol–water partition coefficient (Wildman–Crippen LogP) is 1.70. The Morgan fingerprint density at radius 2 is 2.12 bits per heavy atom. The Bertz CT molecular complexity index is 1030. The summed E-state index contributed by atoms with van der Waals surface area (Å²) < 4.78 is 21.2. The van der Waals surface area contributed by atoms with Crippen LogP contribution >= 0.6 is 0 Å². The highest BCUT2D eigenvalue weighted by Crippen LogP contribution is 2.32. The van der Waals surface area contributed by atoms with Crippen LogP contribution in [0.2, 0.25) is 0 Å². The molecule has 1 aromatic carbocycles.